The van der Waals surface area contributed by atoms with Crippen LogP contribution in [0.25, 0.3) is 0 Å². The van der Waals surface area contributed by atoms with Crippen molar-refractivity contribution in [1.82, 2.24) is 4.90 Å². The summed E-state index contributed by atoms with van der Waals surface area (Å²) in [4.78, 5) is 14.5. The molecule has 2 rings (SSSR count). The summed E-state index contributed by atoms with van der Waals surface area (Å²) in [7, 11) is 2.06. The van der Waals surface area contributed by atoms with E-state index in [4.69, 9.17) is 0 Å². The number of hydrogen-bond acceptors (Lipinski definition) is 3. The molecule has 0 N–H and O–H groups in total. The zero-order chi connectivity index (χ0) is 13.0. The zero-order valence-electron chi connectivity index (χ0n) is 11.2. The lowest BCUT2D eigenvalue weighted by Gasteiger charge is -2.30. The molecule has 1 heterocycles. The number of Topliss-reactive ketones (excluding diaryl/α,β-unsaturated/α-hetero) is 1. The molecule has 1 atom stereocenters. The molecule has 0 amide bonds. The van der Waals surface area contributed by atoms with Crippen LogP contribution in [0, 0.1) is 0 Å². The van der Waals surface area contributed by atoms with Gasteiger partial charge < -0.3 is 0 Å². The highest BCUT2D eigenvalue weighted by atomic mass is 32.2. The Kier molecular flexibility index (Phi) is 4.84. The molecular formula is C15H21NOS. The fourth-order valence-corrected chi connectivity index (χ4v) is 3.48. The lowest BCUT2D eigenvalue weighted by molar-refractivity contribution is -0.122. The Labute approximate surface area is 114 Å². The average molecular weight is 263 g/mol. The molecule has 1 fully saturated rings. The number of nitrogens with zero attached hydrogens (tertiary/aromatic N) is 1. The third-order valence-electron chi connectivity index (χ3n) is 3.58. The molecule has 3 heteroatoms. The van der Waals surface area contributed by atoms with Crippen LogP contribution in [0.1, 0.15) is 18.1 Å². The summed E-state index contributed by atoms with van der Waals surface area (Å²) in [5.41, 5.74) is 2.47. The van der Waals surface area contributed by atoms with Crippen molar-refractivity contribution in [3.63, 3.8) is 0 Å². The molecule has 0 bridgehead atoms. The zero-order valence-corrected chi connectivity index (χ0v) is 12.0. The lowest BCUT2D eigenvalue weighted by atomic mass is 10.0. The van der Waals surface area contributed by atoms with Crippen molar-refractivity contribution >= 4 is 17.5 Å². The van der Waals surface area contributed by atoms with Crippen LogP contribution in [0.3, 0.4) is 0 Å². The molecule has 0 aromatic heterocycles. The quantitative estimate of drug-likeness (QED) is 0.832. The lowest BCUT2D eigenvalue weighted by Crippen LogP contribution is -2.45. The maximum Gasteiger partial charge on any atom is 0.155 e. The highest BCUT2D eigenvalue weighted by molar-refractivity contribution is 7.99. The Morgan fingerprint density at radius 3 is 2.61 bits per heavy atom. The van der Waals surface area contributed by atoms with Crippen LogP contribution in [-0.4, -0.2) is 41.8 Å². The van der Waals surface area contributed by atoms with Crippen LogP contribution < -0.4 is 0 Å². The number of aryl methyl sites for hydroxylation is 1. The summed E-state index contributed by atoms with van der Waals surface area (Å²) >= 11 is 1.89. The number of benzene rings is 1. The Morgan fingerprint density at radius 1 is 1.33 bits per heavy atom. The highest BCUT2D eigenvalue weighted by Crippen LogP contribution is 2.17. The molecule has 1 aromatic carbocycles. The van der Waals surface area contributed by atoms with E-state index in [0.29, 0.717) is 12.2 Å². The van der Waals surface area contributed by atoms with Crippen molar-refractivity contribution in [3.05, 3.63) is 35.4 Å². The normalized spacial score (nSPS) is 20.9. The Morgan fingerprint density at radius 2 is 2.00 bits per heavy atom. The van der Waals surface area contributed by atoms with Crippen molar-refractivity contribution in [2.45, 2.75) is 25.8 Å². The summed E-state index contributed by atoms with van der Waals surface area (Å²) in [6, 6.07) is 8.54. The minimum absolute atomic E-state index is 0.106. The SMILES string of the molecule is CCc1ccc(CC(=O)C2CSCCN2C)cc1. The second kappa shape index (κ2) is 6.39. The second-order valence-corrected chi connectivity index (χ2v) is 6.03. The van der Waals surface area contributed by atoms with Gasteiger partial charge in [0, 0.05) is 24.5 Å². The summed E-state index contributed by atoms with van der Waals surface area (Å²) in [6.07, 6.45) is 1.62. The molecule has 1 saturated heterocycles. The van der Waals surface area contributed by atoms with Gasteiger partial charge in [0.2, 0.25) is 0 Å². The van der Waals surface area contributed by atoms with E-state index in [1.165, 1.54) is 5.56 Å². The number of ketones is 1. The van der Waals surface area contributed by atoms with Gasteiger partial charge in [0.15, 0.2) is 5.78 Å². The molecule has 1 aromatic rings. The summed E-state index contributed by atoms with van der Waals surface area (Å²) in [5, 5.41) is 0. The highest BCUT2D eigenvalue weighted by Gasteiger charge is 2.25. The largest absolute Gasteiger partial charge is 0.298 e. The minimum Gasteiger partial charge on any atom is -0.298 e. The van der Waals surface area contributed by atoms with Gasteiger partial charge in [0.1, 0.15) is 0 Å². The van der Waals surface area contributed by atoms with Gasteiger partial charge in [0.05, 0.1) is 6.04 Å². The monoisotopic (exact) mass is 263 g/mol. The van der Waals surface area contributed by atoms with Crippen molar-refractivity contribution in [3.8, 4) is 0 Å². The van der Waals surface area contributed by atoms with Gasteiger partial charge >= 0.3 is 0 Å². The first-order valence-corrected chi connectivity index (χ1v) is 7.74. The van der Waals surface area contributed by atoms with Crippen LogP contribution in [0.15, 0.2) is 24.3 Å². The van der Waals surface area contributed by atoms with Gasteiger partial charge in [-0.1, -0.05) is 31.2 Å². The topological polar surface area (TPSA) is 20.3 Å². The van der Waals surface area contributed by atoms with Crippen molar-refractivity contribution < 1.29 is 4.79 Å². The fourth-order valence-electron chi connectivity index (χ4n) is 2.24. The van der Waals surface area contributed by atoms with Crippen molar-refractivity contribution in [1.29, 1.82) is 0 Å². The molecule has 0 radical (unpaired) electrons. The molecule has 0 spiro atoms. The first kappa shape index (κ1) is 13.6. The van der Waals surface area contributed by atoms with Gasteiger partial charge in [-0.2, -0.15) is 11.8 Å². The third-order valence-corrected chi connectivity index (χ3v) is 4.60. The standard InChI is InChI=1S/C15H21NOS/c1-3-12-4-6-13(7-5-12)10-15(17)14-11-18-9-8-16(14)2/h4-7,14H,3,8-11H2,1-2H3. The average Bonchev–Trinajstić information content (AvgIpc) is 2.40. The van der Waals surface area contributed by atoms with E-state index in [2.05, 4.69) is 43.1 Å². The summed E-state index contributed by atoms with van der Waals surface area (Å²) in [5.74, 6) is 2.45. The number of thioether (sulfide) groups is 1. The molecular weight excluding hydrogens is 242 g/mol. The van der Waals surface area contributed by atoms with Gasteiger partial charge in [-0.3, -0.25) is 9.69 Å². The maximum atomic E-state index is 12.3. The molecule has 1 aliphatic rings. The summed E-state index contributed by atoms with van der Waals surface area (Å²) < 4.78 is 0. The number of carbonyl (C=O) groups excluding carboxylic acids is 1. The molecule has 0 aliphatic carbocycles. The van der Waals surface area contributed by atoms with E-state index in [0.717, 1.165) is 30.0 Å². The van der Waals surface area contributed by atoms with Gasteiger partial charge in [-0.05, 0) is 24.6 Å². The van der Waals surface area contributed by atoms with Crippen LogP contribution in [-0.2, 0) is 17.6 Å². The Balaban J connectivity index is 1.97. The van der Waals surface area contributed by atoms with E-state index in [-0.39, 0.29) is 6.04 Å². The first-order chi connectivity index (χ1) is 8.70. The van der Waals surface area contributed by atoms with Crippen LogP contribution >= 0.6 is 11.8 Å². The van der Waals surface area contributed by atoms with E-state index in [1.807, 2.05) is 11.8 Å². The fraction of sp³-hybridized carbons (Fsp3) is 0.533. The smallest absolute Gasteiger partial charge is 0.155 e. The van der Waals surface area contributed by atoms with E-state index < -0.39 is 0 Å². The van der Waals surface area contributed by atoms with Crippen molar-refractivity contribution in [2.75, 3.05) is 25.1 Å². The molecule has 0 saturated carbocycles. The van der Waals surface area contributed by atoms with Crippen LogP contribution in [0.5, 0.6) is 0 Å². The predicted molar refractivity (Wildman–Crippen MR) is 78.3 cm³/mol. The minimum atomic E-state index is 0.106. The van der Waals surface area contributed by atoms with E-state index in [1.54, 1.807) is 0 Å². The van der Waals surface area contributed by atoms with Crippen LogP contribution in [0.2, 0.25) is 0 Å². The van der Waals surface area contributed by atoms with Crippen molar-refractivity contribution in [2.24, 2.45) is 0 Å². The van der Waals surface area contributed by atoms with E-state index >= 15 is 0 Å². The number of rotatable bonds is 4. The van der Waals surface area contributed by atoms with Crippen LogP contribution in [0.4, 0.5) is 0 Å². The molecule has 1 unspecified atom stereocenters. The molecule has 18 heavy (non-hydrogen) atoms. The van der Waals surface area contributed by atoms with Gasteiger partial charge in [-0.25, -0.2) is 0 Å². The molecule has 98 valence electrons. The number of hydrogen-bond donors (Lipinski definition) is 0. The number of likely N-dealkylation sites (N-methyl/N-ethyl adjacent to an activating group) is 1. The van der Waals surface area contributed by atoms with Gasteiger partial charge in [-0.15, -0.1) is 0 Å². The predicted octanol–water partition coefficient (Wildman–Crippen LogP) is 2.41. The third kappa shape index (κ3) is 3.36. The Hall–Kier alpha value is -0.800. The van der Waals surface area contributed by atoms with Gasteiger partial charge in [0.25, 0.3) is 0 Å². The molecule has 1 aliphatic heterocycles. The maximum absolute atomic E-state index is 12.3. The summed E-state index contributed by atoms with van der Waals surface area (Å²) in [6.45, 7) is 3.17. The number of carbonyl (C=O) groups is 1. The molecule has 2 nitrogen and oxygen atoms in total. The first-order valence-electron chi connectivity index (χ1n) is 6.59. The second-order valence-electron chi connectivity index (χ2n) is 4.88. The Bertz CT molecular complexity index is 401. The van der Waals surface area contributed by atoms with E-state index in [9.17, 15) is 4.79 Å².